The summed E-state index contributed by atoms with van der Waals surface area (Å²) in [6.45, 7) is 4.35. The van der Waals surface area contributed by atoms with Gasteiger partial charge in [0.25, 0.3) is 5.91 Å². The second-order valence-corrected chi connectivity index (χ2v) is 7.75. The zero-order chi connectivity index (χ0) is 15.1. The van der Waals surface area contributed by atoms with E-state index < -0.39 is 10.0 Å². The molecular weight excluding hydrogens is 344 g/mol. The summed E-state index contributed by atoms with van der Waals surface area (Å²) in [5.41, 5.74) is 0.703. The maximum atomic E-state index is 12.2. The summed E-state index contributed by atoms with van der Waals surface area (Å²) in [5.74, 6) is 0.913. The number of hydrogen-bond acceptors (Lipinski definition) is 3. The van der Waals surface area contributed by atoms with Gasteiger partial charge in [0.15, 0.2) is 0 Å². The standard InChI is InChI=1S/C13H17BrN2O3S/c1-7-3-9(7)6-16-13(17)11-4-10(14)5-12(8(11)2)20(15,18)19/h4-5,7,9H,3,6H2,1-2H3,(H,16,17)(H2,15,18,19). The SMILES string of the molecule is Cc1c(C(=O)NCC2CC2C)cc(Br)cc1S(N)(=O)=O. The van der Waals surface area contributed by atoms with Crippen LogP contribution in [0.1, 0.15) is 29.3 Å². The Kier molecular flexibility index (Phi) is 4.22. The van der Waals surface area contributed by atoms with E-state index in [4.69, 9.17) is 5.14 Å². The van der Waals surface area contributed by atoms with E-state index in [0.717, 1.165) is 6.42 Å². The van der Waals surface area contributed by atoms with Gasteiger partial charge < -0.3 is 5.32 Å². The molecule has 1 fully saturated rings. The van der Waals surface area contributed by atoms with Crippen LogP contribution in [0.5, 0.6) is 0 Å². The molecule has 1 aliphatic rings. The second kappa shape index (κ2) is 5.46. The molecule has 0 spiro atoms. The molecule has 0 bridgehead atoms. The molecule has 110 valence electrons. The molecule has 1 saturated carbocycles. The molecule has 7 heteroatoms. The van der Waals surface area contributed by atoms with Gasteiger partial charge in [0.05, 0.1) is 4.90 Å². The van der Waals surface area contributed by atoms with E-state index in [1.165, 1.54) is 6.07 Å². The maximum absolute atomic E-state index is 12.2. The number of nitrogens with two attached hydrogens (primary N) is 1. The molecule has 3 N–H and O–H groups in total. The van der Waals surface area contributed by atoms with Crippen LogP contribution in [0.25, 0.3) is 0 Å². The van der Waals surface area contributed by atoms with Gasteiger partial charge in [0.2, 0.25) is 10.0 Å². The Hall–Kier alpha value is -0.920. The highest BCUT2D eigenvalue weighted by Crippen LogP contribution is 2.36. The Balaban J connectivity index is 2.26. The van der Waals surface area contributed by atoms with Crippen LogP contribution in [0.3, 0.4) is 0 Å². The highest BCUT2D eigenvalue weighted by Gasteiger charge is 2.32. The van der Waals surface area contributed by atoms with Crippen molar-refractivity contribution in [3.8, 4) is 0 Å². The molecular formula is C13H17BrN2O3S. The third-order valence-electron chi connectivity index (χ3n) is 3.68. The highest BCUT2D eigenvalue weighted by atomic mass is 79.9. The molecule has 5 nitrogen and oxygen atoms in total. The molecule has 0 radical (unpaired) electrons. The molecule has 1 amide bonds. The first-order valence-corrected chi connectivity index (χ1v) is 8.65. The number of sulfonamides is 1. The molecule has 0 aromatic heterocycles. The molecule has 1 aliphatic carbocycles. The van der Waals surface area contributed by atoms with Crippen LogP contribution in [-0.2, 0) is 10.0 Å². The van der Waals surface area contributed by atoms with Gasteiger partial charge in [-0.1, -0.05) is 22.9 Å². The van der Waals surface area contributed by atoms with E-state index in [1.54, 1.807) is 13.0 Å². The van der Waals surface area contributed by atoms with Crippen molar-refractivity contribution in [2.75, 3.05) is 6.54 Å². The van der Waals surface area contributed by atoms with E-state index in [-0.39, 0.29) is 10.8 Å². The second-order valence-electron chi connectivity index (χ2n) is 5.30. The van der Waals surface area contributed by atoms with Gasteiger partial charge in [0, 0.05) is 16.6 Å². The smallest absolute Gasteiger partial charge is 0.251 e. The van der Waals surface area contributed by atoms with Crippen LogP contribution < -0.4 is 10.5 Å². The first-order valence-electron chi connectivity index (χ1n) is 6.31. The van der Waals surface area contributed by atoms with Crippen LogP contribution in [0.2, 0.25) is 0 Å². The summed E-state index contributed by atoms with van der Waals surface area (Å²) < 4.78 is 23.6. The van der Waals surface area contributed by atoms with E-state index >= 15 is 0 Å². The minimum atomic E-state index is -3.85. The maximum Gasteiger partial charge on any atom is 0.251 e. The number of primary sulfonamides is 1. The zero-order valence-electron chi connectivity index (χ0n) is 11.3. The molecule has 2 unspecified atom stereocenters. The Bertz CT molecular complexity index is 658. The van der Waals surface area contributed by atoms with Crippen molar-refractivity contribution in [2.24, 2.45) is 17.0 Å². The van der Waals surface area contributed by atoms with Crippen molar-refractivity contribution in [1.82, 2.24) is 5.32 Å². The predicted molar refractivity (Wildman–Crippen MR) is 79.9 cm³/mol. The number of hydrogen-bond donors (Lipinski definition) is 2. The summed E-state index contributed by atoms with van der Waals surface area (Å²) in [4.78, 5) is 12.1. The van der Waals surface area contributed by atoms with Crippen molar-refractivity contribution < 1.29 is 13.2 Å². The largest absolute Gasteiger partial charge is 0.352 e. The third kappa shape index (κ3) is 3.39. The molecule has 2 rings (SSSR count). The fourth-order valence-electron chi connectivity index (χ4n) is 2.19. The fourth-order valence-corrected chi connectivity index (χ4v) is 3.63. The Morgan fingerprint density at radius 2 is 2.10 bits per heavy atom. The number of nitrogens with one attached hydrogen (secondary N) is 1. The number of rotatable bonds is 4. The average molecular weight is 361 g/mol. The van der Waals surface area contributed by atoms with Crippen LogP contribution in [0.4, 0.5) is 0 Å². The lowest BCUT2D eigenvalue weighted by atomic mass is 10.1. The Morgan fingerprint density at radius 3 is 2.60 bits per heavy atom. The molecule has 0 aliphatic heterocycles. The highest BCUT2D eigenvalue weighted by molar-refractivity contribution is 9.10. The Morgan fingerprint density at radius 1 is 1.50 bits per heavy atom. The van der Waals surface area contributed by atoms with Crippen molar-refractivity contribution in [3.63, 3.8) is 0 Å². The minimum Gasteiger partial charge on any atom is -0.352 e. The predicted octanol–water partition coefficient (Wildman–Crippen LogP) is 1.79. The lowest BCUT2D eigenvalue weighted by Crippen LogP contribution is -2.27. The van der Waals surface area contributed by atoms with Crippen molar-refractivity contribution in [2.45, 2.75) is 25.2 Å². The summed E-state index contributed by atoms with van der Waals surface area (Å²) >= 11 is 3.21. The summed E-state index contributed by atoms with van der Waals surface area (Å²) in [5, 5.41) is 8.01. The van der Waals surface area contributed by atoms with Gasteiger partial charge in [-0.25, -0.2) is 13.6 Å². The van der Waals surface area contributed by atoms with E-state index in [0.29, 0.717) is 34.0 Å². The Labute approximate surface area is 127 Å². The summed E-state index contributed by atoms with van der Waals surface area (Å²) in [6, 6.07) is 3.01. The summed E-state index contributed by atoms with van der Waals surface area (Å²) in [7, 11) is -3.85. The van der Waals surface area contributed by atoms with Crippen LogP contribution in [0, 0.1) is 18.8 Å². The monoisotopic (exact) mass is 360 g/mol. The van der Waals surface area contributed by atoms with Crippen molar-refractivity contribution >= 4 is 31.9 Å². The summed E-state index contributed by atoms with van der Waals surface area (Å²) in [6.07, 6.45) is 1.13. The topological polar surface area (TPSA) is 89.3 Å². The molecule has 1 aromatic carbocycles. The van der Waals surface area contributed by atoms with Gasteiger partial charge >= 0.3 is 0 Å². The number of carbonyl (C=O) groups excluding carboxylic acids is 1. The van der Waals surface area contributed by atoms with Crippen LogP contribution in [0.15, 0.2) is 21.5 Å². The normalized spacial score (nSPS) is 21.6. The lowest BCUT2D eigenvalue weighted by Gasteiger charge is -2.11. The van der Waals surface area contributed by atoms with E-state index in [9.17, 15) is 13.2 Å². The lowest BCUT2D eigenvalue weighted by molar-refractivity contribution is 0.0950. The molecule has 0 saturated heterocycles. The van der Waals surface area contributed by atoms with Crippen LogP contribution in [-0.4, -0.2) is 20.9 Å². The van der Waals surface area contributed by atoms with Gasteiger partial charge in [-0.3, -0.25) is 4.79 Å². The van der Waals surface area contributed by atoms with Crippen molar-refractivity contribution in [3.05, 3.63) is 27.7 Å². The van der Waals surface area contributed by atoms with Gasteiger partial charge in [-0.15, -0.1) is 0 Å². The molecule has 0 heterocycles. The van der Waals surface area contributed by atoms with Gasteiger partial charge in [-0.05, 0) is 42.9 Å². The number of carbonyl (C=O) groups is 1. The number of benzene rings is 1. The zero-order valence-corrected chi connectivity index (χ0v) is 13.7. The average Bonchev–Trinajstić information content (AvgIpc) is 3.03. The molecule has 20 heavy (non-hydrogen) atoms. The molecule has 1 aromatic rings. The van der Waals surface area contributed by atoms with Crippen molar-refractivity contribution in [1.29, 1.82) is 0 Å². The quantitative estimate of drug-likeness (QED) is 0.857. The van der Waals surface area contributed by atoms with E-state index in [2.05, 4.69) is 28.2 Å². The first-order chi connectivity index (χ1) is 9.20. The first kappa shape index (κ1) is 15.5. The number of amides is 1. The third-order valence-corrected chi connectivity index (χ3v) is 5.17. The van der Waals surface area contributed by atoms with Crippen LogP contribution >= 0.6 is 15.9 Å². The van der Waals surface area contributed by atoms with Gasteiger partial charge in [-0.2, -0.15) is 0 Å². The van der Waals surface area contributed by atoms with Gasteiger partial charge in [0.1, 0.15) is 0 Å². The number of halogens is 1. The minimum absolute atomic E-state index is 0.0307. The molecule has 2 atom stereocenters. The van der Waals surface area contributed by atoms with E-state index in [1.807, 2.05) is 0 Å². The fraction of sp³-hybridized carbons (Fsp3) is 0.462.